The Morgan fingerprint density at radius 2 is 2.30 bits per heavy atom. The van der Waals surface area contributed by atoms with Crippen LogP contribution in [-0.2, 0) is 9.47 Å². The lowest BCUT2D eigenvalue weighted by atomic mass is 9.91. The van der Waals surface area contributed by atoms with Crippen molar-refractivity contribution in [1.29, 1.82) is 5.26 Å². The second kappa shape index (κ2) is 5.39. The molecule has 2 unspecified atom stereocenters. The predicted molar refractivity (Wildman–Crippen MR) is 68.9 cm³/mol. The summed E-state index contributed by atoms with van der Waals surface area (Å²) in [6, 6.07) is 6.18. The molecule has 0 bridgehead atoms. The van der Waals surface area contributed by atoms with E-state index in [0.29, 0.717) is 31.8 Å². The van der Waals surface area contributed by atoms with Crippen molar-refractivity contribution in [2.45, 2.75) is 31.0 Å². The Morgan fingerprint density at radius 1 is 1.40 bits per heavy atom. The van der Waals surface area contributed by atoms with Crippen LogP contribution in [0.1, 0.15) is 24.8 Å². The summed E-state index contributed by atoms with van der Waals surface area (Å²) in [5.41, 5.74) is 0.0360. The fraction of sp³-hybridized carbons (Fsp3) is 0.533. The largest absolute Gasteiger partial charge is 0.487 e. The van der Waals surface area contributed by atoms with E-state index in [4.69, 9.17) is 19.5 Å². The Hall–Kier alpha value is -1.64. The Morgan fingerprint density at radius 3 is 3.00 bits per heavy atom. The molecule has 2 fully saturated rings. The van der Waals surface area contributed by atoms with E-state index in [1.54, 1.807) is 6.07 Å². The first kappa shape index (κ1) is 13.3. The van der Waals surface area contributed by atoms with Crippen molar-refractivity contribution in [2.24, 2.45) is 0 Å². The van der Waals surface area contributed by atoms with Gasteiger partial charge in [-0.2, -0.15) is 5.26 Å². The average Bonchev–Trinajstić information content (AvgIpc) is 2.89. The highest BCUT2D eigenvalue weighted by molar-refractivity contribution is 5.36. The first-order valence-corrected chi connectivity index (χ1v) is 6.79. The SMILES string of the molecule is N#Cc1ccc(OC2CCOC3(CCOC3)C2)c(F)c1. The molecule has 2 atom stereocenters. The summed E-state index contributed by atoms with van der Waals surface area (Å²) in [6.07, 6.45) is 2.24. The molecule has 1 aromatic rings. The van der Waals surface area contributed by atoms with Gasteiger partial charge in [-0.25, -0.2) is 4.39 Å². The molecular weight excluding hydrogens is 261 g/mol. The molecule has 4 nitrogen and oxygen atoms in total. The van der Waals surface area contributed by atoms with Crippen molar-refractivity contribution < 1.29 is 18.6 Å². The number of nitrogens with zero attached hydrogens (tertiary/aromatic N) is 1. The Kier molecular flexibility index (Phi) is 3.60. The van der Waals surface area contributed by atoms with Crippen molar-refractivity contribution >= 4 is 0 Å². The van der Waals surface area contributed by atoms with Crippen LogP contribution in [-0.4, -0.2) is 31.5 Å². The molecule has 2 saturated heterocycles. The van der Waals surface area contributed by atoms with Crippen molar-refractivity contribution in [1.82, 2.24) is 0 Å². The number of halogens is 1. The highest BCUT2D eigenvalue weighted by atomic mass is 19.1. The van der Waals surface area contributed by atoms with Crippen molar-refractivity contribution in [3.05, 3.63) is 29.6 Å². The fourth-order valence-electron chi connectivity index (χ4n) is 2.79. The maximum atomic E-state index is 13.8. The summed E-state index contributed by atoms with van der Waals surface area (Å²) in [4.78, 5) is 0. The normalized spacial score (nSPS) is 29.3. The zero-order valence-electron chi connectivity index (χ0n) is 11.1. The van der Waals surface area contributed by atoms with Crippen molar-refractivity contribution in [3.63, 3.8) is 0 Å². The first-order valence-electron chi connectivity index (χ1n) is 6.79. The van der Waals surface area contributed by atoms with Gasteiger partial charge in [0.1, 0.15) is 6.10 Å². The van der Waals surface area contributed by atoms with Crippen molar-refractivity contribution in [3.8, 4) is 11.8 Å². The number of nitriles is 1. The third kappa shape index (κ3) is 2.62. The molecular formula is C15H16FNO3. The minimum Gasteiger partial charge on any atom is -0.487 e. The summed E-state index contributed by atoms with van der Waals surface area (Å²) in [5.74, 6) is -0.294. The van der Waals surface area contributed by atoms with Crippen LogP contribution in [0.5, 0.6) is 5.75 Å². The maximum Gasteiger partial charge on any atom is 0.166 e. The molecule has 0 amide bonds. The molecule has 2 aliphatic heterocycles. The highest BCUT2D eigenvalue weighted by Gasteiger charge is 2.41. The minimum atomic E-state index is -0.493. The summed E-state index contributed by atoms with van der Waals surface area (Å²) >= 11 is 0. The van der Waals surface area contributed by atoms with Crippen LogP contribution in [0.15, 0.2) is 18.2 Å². The van der Waals surface area contributed by atoms with Gasteiger partial charge in [0.15, 0.2) is 11.6 Å². The third-order valence-electron chi connectivity index (χ3n) is 3.87. The van der Waals surface area contributed by atoms with Gasteiger partial charge in [0, 0.05) is 25.9 Å². The molecule has 5 heteroatoms. The lowest BCUT2D eigenvalue weighted by Crippen LogP contribution is -2.44. The van der Waals surface area contributed by atoms with E-state index >= 15 is 0 Å². The molecule has 106 valence electrons. The van der Waals surface area contributed by atoms with E-state index in [9.17, 15) is 4.39 Å². The topological polar surface area (TPSA) is 51.5 Å². The minimum absolute atomic E-state index is 0.0760. The summed E-state index contributed by atoms with van der Waals surface area (Å²) in [5, 5.41) is 8.73. The number of hydrogen-bond donors (Lipinski definition) is 0. The van der Waals surface area contributed by atoms with E-state index < -0.39 is 5.82 Å². The van der Waals surface area contributed by atoms with Gasteiger partial charge in [-0.05, 0) is 18.2 Å². The molecule has 0 saturated carbocycles. The van der Waals surface area contributed by atoms with E-state index in [1.165, 1.54) is 12.1 Å². The summed E-state index contributed by atoms with van der Waals surface area (Å²) in [6.45, 7) is 1.90. The molecule has 0 radical (unpaired) electrons. The highest BCUT2D eigenvalue weighted by Crippen LogP contribution is 2.34. The van der Waals surface area contributed by atoms with Gasteiger partial charge >= 0.3 is 0 Å². The van der Waals surface area contributed by atoms with Gasteiger partial charge in [0.2, 0.25) is 0 Å². The van der Waals surface area contributed by atoms with E-state index in [2.05, 4.69) is 0 Å². The number of ether oxygens (including phenoxy) is 3. The average molecular weight is 277 g/mol. The zero-order valence-corrected chi connectivity index (χ0v) is 11.1. The van der Waals surface area contributed by atoms with Crippen LogP contribution in [0.3, 0.4) is 0 Å². The van der Waals surface area contributed by atoms with Gasteiger partial charge in [-0.15, -0.1) is 0 Å². The Labute approximate surface area is 117 Å². The molecule has 2 aliphatic rings. The van der Waals surface area contributed by atoms with Crippen LogP contribution in [0.4, 0.5) is 4.39 Å². The van der Waals surface area contributed by atoms with Crippen molar-refractivity contribution in [2.75, 3.05) is 19.8 Å². The Balaban J connectivity index is 1.70. The molecule has 2 heterocycles. The molecule has 3 rings (SSSR count). The quantitative estimate of drug-likeness (QED) is 0.833. The van der Waals surface area contributed by atoms with E-state index in [-0.39, 0.29) is 17.5 Å². The maximum absolute atomic E-state index is 13.8. The third-order valence-corrected chi connectivity index (χ3v) is 3.87. The van der Waals surface area contributed by atoms with Gasteiger partial charge in [0.05, 0.1) is 30.4 Å². The predicted octanol–water partition coefficient (Wildman–Crippen LogP) is 2.41. The lowest BCUT2D eigenvalue weighted by Gasteiger charge is -2.37. The number of benzene rings is 1. The van der Waals surface area contributed by atoms with E-state index in [1.807, 2.05) is 6.07 Å². The van der Waals surface area contributed by atoms with Gasteiger partial charge < -0.3 is 14.2 Å². The van der Waals surface area contributed by atoms with Gasteiger partial charge in [-0.3, -0.25) is 0 Å². The molecule has 0 N–H and O–H groups in total. The van der Waals surface area contributed by atoms with Crippen LogP contribution >= 0.6 is 0 Å². The summed E-state index contributed by atoms with van der Waals surface area (Å²) < 4.78 is 30.8. The first-order chi connectivity index (χ1) is 9.71. The van der Waals surface area contributed by atoms with Crippen LogP contribution in [0.2, 0.25) is 0 Å². The number of hydrogen-bond acceptors (Lipinski definition) is 4. The van der Waals surface area contributed by atoms with Crippen LogP contribution in [0, 0.1) is 17.1 Å². The van der Waals surface area contributed by atoms with Gasteiger partial charge in [0.25, 0.3) is 0 Å². The Bertz CT molecular complexity index is 534. The van der Waals surface area contributed by atoms with Crippen LogP contribution in [0.25, 0.3) is 0 Å². The molecule has 0 aliphatic carbocycles. The van der Waals surface area contributed by atoms with Gasteiger partial charge in [-0.1, -0.05) is 0 Å². The second-order valence-electron chi connectivity index (χ2n) is 5.32. The molecule has 0 aromatic heterocycles. The summed E-state index contributed by atoms with van der Waals surface area (Å²) in [7, 11) is 0. The van der Waals surface area contributed by atoms with E-state index in [0.717, 1.165) is 12.8 Å². The molecule has 1 aromatic carbocycles. The smallest absolute Gasteiger partial charge is 0.166 e. The fourth-order valence-corrected chi connectivity index (χ4v) is 2.79. The lowest BCUT2D eigenvalue weighted by molar-refractivity contribution is -0.112. The monoisotopic (exact) mass is 277 g/mol. The molecule has 1 spiro atoms. The standard InChI is InChI=1S/C15H16FNO3/c16-13-7-11(9-17)1-2-14(13)20-12-3-5-19-15(8-12)4-6-18-10-15/h1-2,7,12H,3-6,8,10H2. The van der Waals surface area contributed by atoms with Crippen LogP contribution < -0.4 is 4.74 Å². The number of rotatable bonds is 2. The zero-order chi connectivity index (χ0) is 14.0. The molecule has 20 heavy (non-hydrogen) atoms. The second-order valence-corrected chi connectivity index (χ2v) is 5.32.